The smallest absolute Gasteiger partial charge is 0.111 e. The molecule has 0 unspecified atom stereocenters. The first-order valence-corrected chi connectivity index (χ1v) is 7.43. The molecule has 1 aliphatic rings. The van der Waals surface area contributed by atoms with Crippen LogP contribution in [0.2, 0.25) is 0 Å². The average molecular weight is 282 g/mol. The summed E-state index contributed by atoms with van der Waals surface area (Å²) in [6, 6.07) is 14.1. The molecule has 0 aromatic heterocycles. The van der Waals surface area contributed by atoms with Gasteiger partial charge in [0.05, 0.1) is 11.4 Å². The second-order valence-corrected chi connectivity index (χ2v) is 5.60. The van der Waals surface area contributed by atoms with Gasteiger partial charge in [0.1, 0.15) is 4.99 Å². The van der Waals surface area contributed by atoms with E-state index in [1.165, 1.54) is 30.4 Å². The van der Waals surface area contributed by atoms with Gasteiger partial charge in [0.15, 0.2) is 0 Å². The summed E-state index contributed by atoms with van der Waals surface area (Å²) in [5, 5.41) is 3.28. The summed E-state index contributed by atoms with van der Waals surface area (Å²) in [6.45, 7) is 0. The van der Waals surface area contributed by atoms with Crippen LogP contribution in [-0.4, -0.2) is 4.99 Å². The Morgan fingerprint density at radius 3 is 2.65 bits per heavy atom. The molecule has 0 aliphatic heterocycles. The van der Waals surface area contributed by atoms with Gasteiger partial charge in [-0.1, -0.05) is 42.5 Å². The molecule has 1 aliphatic carbocycles. The maximum Gasteiger partial charge on any atom is 0.111 e. The standard InChI is InChI=1S/C17H18N2S/c18-15-10-3-4-11-16(15)19-17(20)14-9-5-7-12-6-1-2-8-13(12)14/h3-5,7,9-11H,1-2,6,8,18H2,(H,19,20). The monoisotopic (exact) mass is 282 g/mol. The highest BCUT2D eigenvalue weighted by molar-refractivity contribution is 7.81. The zero-order valence-electron chi connectivity index (χ0n) is 11.4. The van der Waals surface area contributed by atoms with Crippen molar-refractivity contribution in [3.63, 3.8) is 0 Å². The zero-order valence-corrected chi connectivity index (χ0v) is 12.2. The number of hydrogen-bond acceptors (Lipinski definition) is 2. The molecule has 3 heteroatoms. The number of thiocarbonyl (C=S) groups is 1. The van der Waals surface area contributed by atoms with E-state index in [0.717, 1.165) is 28.3 Å². The number of anilines is 2. The van der Waals surface area contributed by atoms with Gasteiger partial charge in [0, 0.05) is 5.56 Å². The van der Waals surface area contributed by atoms with E-state index >= 15 is 0 Å². The number of rotatable bonds is 2. The molecule has 0 radical (unpaired) electrons. The molecule has 0 fully saturated rings. The lowest BCUT2D eigenvalue weighted by Crippen LogP contribution is -2.16. The van der Waals surface area contributed by atoms with Crippen LogP contribution in [0.4, 0.5) is 11.4 Å². The Labute approximate surface area is 125 Å². The molecule has 0 bridgehead atoms. The van der Waals surface area contributed by atoms with Crippen molar-refractivity contribution in [3.8, 4) is 0 Å². The molecule has 0 amide bonds. The number of nitrogens with one attached hydrogen (secondary N) is 1. The van der Waals surface area contributed by atoms with Crippen LogP contribution in [0.25, 0.3) is 0 Å². The average Bonchev–Trinajstić information content (AvgIpc) is 2.49. The molecular formula is C17H18N2S. The zero-order chi connectivity index (χ0) is 13.9. The molecule has 0 saturated carbocycles. The Morgan fingerprint density at radius 2 is 1.80 bits per heavy atom. The molecule has 2 nitrogen and oxygen atoms in total. The van der Waals surface area contributed by atoms with Crippen LogP contribution in [0.3, 0.4) is 0 Å². The molecule has 0 atom stereocenters. The topological polar surface area (TPSA) is 38.0 Å². The molecule has 3 N–H and O–H groups in total. The lowest BCUT2D eigenvalue weighted by Gasteiger charge is -2.20. The quantitative estimate of drug-likeness (QED) is 0.647. The highest BCUT2D eigenvalue weighted by atomic mass is 32.1. The third-order valence-electron chi connectivity index (χ3n) is 3.85. The van der Waals surface area contributed by atoms with Gasteiger partial charge in [-0.2, -0.15) is 0 Å². The fourth-order valence-corrected chi connectivity index (χ4v) is 3.10. The van der Waals surface area contributed by atoms with Crippen LogP contribution in [0.1, 0.15) is 29.5 Å². The van der Waals surface area contributed by atoms with Gasteiger partial charge in [-0.25, -0.2) is 0 Å². The lowest BCUT2D eigenvalue weighted by atomic mass is 9.88. The van der Waals surface area contributed by atoms with Gasteiger partial charge in [-0.05, 0) is 48.9 Å². The number of benzene rings is 2. The minimum absolute atomic E-state index is 0.722. The number of aryl methyl sites for hydroxylation is 1. The minimum atomic E-state index is 0.722. The Kier molecular flexibility index (Phi) is 3.70. The summed E-state index contributed by atoms with van der Waals surface area (Å²) < 4.78 is 0. The summed E-state index contributed by atoms with van der Waals surface area (Å²) in [5.74, 6) is 0. The van der Waals surface area contributed by atoms with Crippen molar-refractivity contribution in [1.82, 2.24) is 0 Å². The fraction of sp³-hybridized carbons (Fsp3) is 0.235. The van der Waals surface area contributed by atoms with Crippen molar-refractivity contribution in [2.24, 2.45) is 0 Å². The van der Waals surface area contributed by atoms with Crippen LogP contribution in [0.15, 0.2) is 42.5 Å². The molecule has 102 valence electrons. The van der Waals surface area contributed by atoms with Gasteiger partial charge in [0.25, 0.3) is 0 Å². The van der Waals surface area contributed by atoms with E-state index in [9.17, 15) is 0 Å². The molecule has 0 heterocycles. The maximum absolute atomic E-state index is 5.96. The van der Waals surface area contributed by atoms with E-state index in [0.29, 0.717) is 0 Å². The highest BCUT2D eigenvalue weighted by Gasteiger charge is 2.15. The number of nitrogens with two attached hydrogens (primary N) is 1. The third kappa shape index (κ3) is 2.54. The number of hydrogen-bond donors (Lipinski definition) is 2. The van der Waals surface area contributed by atoms with Crippen molar-refractivity contribution >= 4 is 28.6 Å². The largest absolute Gasteiger partial charge is 0.397 e. The first kappa shape index (κ1) is 13.1. The minimum Gasteiger partial charge on any atom is -0.397 e. The Hall–Kier alpha value is -1.87. The van der Waals surface area contributed by atoms with Crippen molar-refractivity contribution in [3.05, 3.63) is 59.2 Å². The van der Waals surface area contributed by atoms with Crippen molar-refractivity contribution in [2.45, 2.75) is 25.7 Å². The molecule has 0 spiro atoms. The van der Waals surface area contributed by atoms with Gasteiger partial charge < -0.3 is 11.1 Å². The second-order valence-electron chi connectivity index (χ2n) is 5.19. The van der Waals surface area contributed by atoms with Crippen molar-refractivity contribution < 1.29 is 0 Å². The van der Waals surface area contributed by atoms with E-state index in [1.807, 2.05) is 24.3 Å². The van der Waals surface area contributed by atoms with Gasteiger partial charge in [-0.3, -0.25) is 0 Å². The predicted molar refractivity (Wildman–Crippen MR) is 89.3 cm³/mol. The normalized spacial score (nSPS) is 13.6. The van der Waals surface area contributed by atoms with E-state index in [2.05, 4.69) is 23.5 Å². The Bertz CT molecular complexity index is 649. The summed E-state index contributed by atoms with van der Waals surface area (Å²) in [7, 11) is 0. The van der Waals surface area contributed by atoms with Gasteiger partial charge in [0.2, 0.25) is 0 Å². The van der Waals surface area contributed by atoms with Crippen LogP contribution >= 0.6 is 12.2 Å². The Balaban J connectivity index is 1.90. The first-order valence-electron chi connectivity index (χ1n) is 7.02. The predicted octanol–water partition coefficient (Wildman–Crippen LogP) is 3.94. The Morgan fingerprint density at radius 1 is 1.00 bits per heavy atom. The van der Waals surface area contributed by atoms with Crippen LogP contribution in [-0.2, 0) is 12.8 Å². The molecule has 0 saturated heterocycles. The highest BCUT2D eigenvalue weighted by Crippen LogP contribution is 2.26. The second kappa shape index (κ2) is 5.63. The number of fused-ring (bicyclic) bond motifs is 1. The van der Waals surface area contributed by atoms with E-state index in [-0.39, 0.29) is 0 Å². The van der Waals surface area contributed by atoms with E-state index in [1.54, 1.807) is 0 Å². The molecule has 2 aromatic rings. The van der Waals surface area contributed by atoms with Crippen LogP contribution in [0.5, 0.6) is 0 Å². The number of para-hydroxylation sites is 2. The van der Waals surface area contributed by atoms with Crippen molar-refractivity contribution in [1.29, 1.82) is 0 Å². The first-order chi connectivity index (χ1) is 9.75. The van der Waals surface area contributed by atoms with E-state index < -0.39 is 0 Å². The summed E-state index contributed by atoms with van der Waals surface area (Å²) in [6.07, 6.45) is 4.82. The molecular weight excluding hydrogens is 264 g/mol. The van der Waals surface area contributed by atoms with Crippen LogP contribution in [0, 0.1) is 0 Å². The van der Waals surface area contributed by atoms with Gasteiger partial charge in [-0.15, -0.1) is 0 Å². The molecule has 3 rings (SSSR count). The summed E-state index contributed by atoms with van der Waals surface area (Å²) in [4.78, 5) is 0.765. The number of nitrogen functional groups attached to an aromatic ring is 1. The SMILES string of the molecule is Nc1ccccc1NC(=S)c1cccc2c1CCCC2. The van der Waals surface area contributed by atoms with Crippen molar-refractivity contribution in [2.75, 3.05) is 11.1 Å². The summed E-state index contributed by atoms with van der Waals surface area (Å²) >= 11 is 5.58. The summed E-state index contributed by atoms with van der Waals surface area (Å²) in [5.41, 5.74) is 11.6. The van der Waals surface area contributed by atoms with Gasteiger partial charge >= 0.3 is 0 Å². The fourth-order valence-electron chi connectivity index (χ4n) is 2.79. The van der Waals surface area contributed by atoms with Crippen LogP contribution < -0.4 is 11.1 Å². The lowest BCUT2D eigenvalue weighted by molar-refractivity contribution is 0.685. The van der Waals surface area contributed by atoms with E-state index in [4.69, 9.17) is 18.0 Å². The molecule has 20 heavy (non-hydrogen) atoms. The molecule has 2 aromatic carbocycles. The third-order valence-corrected chi connectivity index (χ3v) is 4.17. The maximum atomic E-state index is 5.96.